The first kappa shape index (κ1) is 16.6. The largest absolute Gasteiger partial charge is 0.481 e. The Morgan fingerprint density at radius 2 is 2.10 bits per heavy atom. The molecule has 2 aliphatic heterocycles. The summed E-state index contributed by atoms with van der Waals surface area (Å²) in [5, 5.41) is 9.05. The van der Waals surface area contributed by atoms with Crippen LogP contribution in [0.2, 0.25) is 0 Å². The standard InChI is InChI=1S/C12H19NO6S2/c1-13(10-5-19-4-9(10)12(15)16)11(14)6-20-8-2-3-21(17,18)7-8/h8-10H,2-7H2,1H3,(H,15,16). The van der Waals surface area contributed by atoms with Gasteiger partial charge in [0.1, 0.15) is 5.92 Å². The van der Waals surface area contributed by atoms with Crippen LogP contribution in [-0.4, -0.2) is 79.1 Å². The van der Waals surface area contributed by atoms with E-state index in [-0.39, 0.29) is 41.6 Å². The molecule has 0 aromatic carbocycles. The van der Waals surface area contributed by atoms with E-state index in [0.29, 0.717) is 6.42 Å². The van der Waals surface area contributed by atoms with Crippen LogP contribution in [0, 0.1) is 5.92 Å². The number of hydrogen-bond acceptors (Lipinski definition) is 6. The molecular formula is C12H19NO6S2. The number of nitrogens with zero attached hydrogens (tertiary/aromatic N) is 1. The van der Waals surface area contributed by atoms with Crippen LogP contribution in [0.5, 0.6) is 0 Å². The van der Waals surface area contributed by atoms with Crippen LogP contribution >= 0.6 is 11.8 Å². The number of carbonyl (C=O) groups excluding carboxylic acids is 1. The molecule has 0 aromatic rings. The Morgan fingerprint density at radius 1 is 1.38 bits per heavy atom. The van der Waals surface area contributed by atoms with Gasteiger partial charge in [-0.1, -0.05) is 0 Å². The lowest BCUT2D eigenvalue weighted by Crippen LogP contribution is -2.45. The summed E-state index contributed by atoms with van der Waals surface area (Å²) in [6, 6.07) is -0.456. The lowest BCUT2D eigenvalue weighted by atomic mass is 10.0. The maximum Gasteiger partial charge on any atom is 0.311 e. The molecule has 7 nitrogen and oxygen atoms in total. The summed E-state index contributed by atoms with van der Waals surface area (Å²) in [6.45, 7) is 0.341. The van der Waals surface area contributed by atoms with E-state index in [2.05, 4.69) is 0 Å². The maximum absolute atomic E-state index is 12.1. The fourth-order valence-electron chi connectivity index (χ4n) is 2.53. The highest BCUT2D eigenvalue weighted by Crippen LogP contribution is 2.25. The van der Waals surface area contributed by atoms with Gasteiger partial charge in [-0.2, -0.15) is 0 Å². The zero-order chi connectivity index (χ0) is 15.6. The van der Waals surface area contributed by atoms with E-state index in [4.69, 9.17) is 9.84 Å². The van der Waals surface area contributed by atoms with E-state index in [1.54, 1.807) is 7.05 Å². The minimum atomic E-state index is -2.94. The second kappa shape index (κ2) is 6.53. The third-order valence-corrected chi connectivity index (χ3v) is 7.16. The van der Waals surface area contributed by atoms with E-state index >= 15 is 0 Å². The molecular weight excluding hydrogens is 318 g/mol. The van der Waals surface area contributed by atoms with Gasteiger partial charge in [-0.15, -0.1) is 11.8 Å². The molecule has 0 bridgehead atoms. The molecule has 0 aromatic heterocycles. The van der Waals surface area contributed by atoms with Crippen molar-refractivity contribution in [2.24, 2.45) is 5.92 Å². The summed E-state index contributed by atoms with van der Waals surface area (Å²) in [6.07, 6.45) is 0.578. The van der Waals surface area contributed by atoms with Crippen molar-refractivity contribution in [3.8, 4) is 0 Å². The second-order valence-electron chi connectivity index (χ2n) is 5.39. The van der Waals surface area contributed by atoms with Crippen LogP contribution in [0.4, 0.5) is 0 Å². The van der Waals surface area contributed by atoms with Gasteiger partial charge in [0.05, 0.1) is 36.5 Å². The van der Waals surface area contributed by atoms with Gasteiger partial charge in [0.2, 0.25) is 5.91 Å². The number of carboxylic acid groups (broad SMARTS) is 1. The average Bonchev–Trinajstić information content (AvgIpc) is 3.01. The van der Waals surface area contributed by atoms with Gasteiger partial charge in [-0.3, -0.25) is 9.59 Å². The molecule has 120 valence electrons. The topological polar surface area (TPSA) is 101 Å². The first-order chi connectivity index (χ1) is 9.80. The van der Waals surface area contributed by atoms with Gasteiger partial charge in [0.25, 0.3) is 0 Å². The minimum absolute atomic E-state index is 0.0394. The van der Waals surface area contributed by atoms with Crippen molar-refractivity contribution in [2.75, 3.05) is 37.5 Å². The highest BCUT2D eigenvalue weighted by atomic mass is 32.2. The fraction of sp³-hybridized carbons (Fsp3) is 0.833. The van der Waals surface area contributed by atoms with Gasteiger partial charge in [0, 0.05) is 12.3 Å². The van der Waals surface area contributed by atoms with E-state index in [9.17, 15) is 18.0 Å². The Morgan fingerprint density at radius 3 is 2.67 bits per heavy atom. The second-order valence-corrected chi connectivity index (χ2v) is 8.91. The van der Waals surface area contributed by atoms with Gasteiger partial charge in [-0.25, -0.2) is 8.42 Å². The first-order valence-electron chi connectivity index (χ1n) is 6.68. The lowest BCUT2D eigenvalue weighted by Gasteiger charge is -2.26. The SMILES string of the molecule is CN(C(=O)CSC1CCS(=O)(=O)C1)C1COCC1C(=O)O. The highest BCUT2D eigenvalue weighted by molar-refractivity contribution is 8.02. The van der Waals surface area contributed by atoms with Crippen LogP contribution in [0.1, 0.15) is 6.42 Å². The van der Waals surface area contributed by atoms with Gasteiger partial charge < -0.3 is 14.7 Å². The normalized spacial score (nSPS) is 31.2. The summed E-state index contributed by atoms with van der Waals surface area (Å²) >= 11 is 1.33. The molecule has 1 amide bonds. The number of likely N-dealkylation sites (N-methyl/N-ethyl adjacent to an activating group) is 1. The number of thioether (sulfide) groups is 1. The van der Waals surface area contributed by atoms with Crippen molar-refractivity contribution >= 4 is 33.5 Å². The quantitative estimate of drug-likeness (QED) is 0.719. The zero-order valence-corrected chi connectivity index (χ0v) is 13.4. The maximum atomic E-state index is 12.1. The molecule has 2 saturated heterocycles. The molecule has 1 N–H and O–H groups in total. The van der Waals surface area contributed by atoms with Gasteiger partial charge in [0.15, 0.2) is 9.84 Å². The summed E-state index contributed by atoms with van der Waals surface area (Å²) in [5.74, 6) is -1.38. The van der Waals surface area contributed by atoms with Crippen molar-refractivity contribution in [3.05, 3.63) is 0 Å². The molecule has 3 unspecified atom stereocenters. The Hall–Kier alpha value is -0.800. The van der Waals surface area contributed by atoms with Crippen LogP contribution in [0.3, 0.4) is 0 Å². The number of amides is 1. The summed E-state index contributed by atoms with van der Waals surface area (Å²) in [4.78, 5) is 24.6. The third-order valence-electron chi connectivity index (χ3n) is 3.89. The van der Waals surface area contributed by atoms with Crippen LogP contribution < -0.4 is 0 Å². The third kappa shape index (κ3) is 4.10. The van der Waals surface area contributed by atoms with Gasteiger partial charge in [-0.05, 0) is 6.42 Å². The van der Waals surface area contributed by atoms with E-state index in [0.717, 1.165) is 0 Å². The number of rotatable bonds is 5. The van der Waals surface area contributed by atoms with E-state index in [1.807, 2.05) is 0 Å². The number of aliphatic carboxylic acids is 1. The highest BCUT2D eigenvalue weighted by Gasteiger charge is 2.38. The summed E-state index contributed by atoms with van der Waals surface area (Å²) < 4.78 is 27.9. The van der Waals surface area contributed by atoms with Crippen molar-refractivity contribution in [1.29, 1.82) is 0 Å². The smallest absolute Gasteiger partial charge is 0.311 e. The Labute approximate surface area is 127 Å². The number of carbonyl (C=O) groups is 2. The van der Waals surface area contributed by atoms with E-state index in [1.165, 1.54) is 16.7 Å². The van der Waals surface area contributed by atoms with Crippen molar-refractivity contribution < 1.29 is 27.9 Å². The fourth-order valence-corrected chi connectivity index (χ4v) is 6.09. The summed E-state index contributed by atoms with van der Waals surface area (Å²) in [7, 11) is -1.37. The van der Waals surface area contributed by atoms with Gasteiger partial charge >= 0.3 is 5.97 Å². The predicted molar refractivity (Wildman–Crippen MR) is 78.0 cm³/mol. The molecule has 0 aliphatic carbocycles. The molecule has 2 fully saturated rings. The molecule has 2 aliphatic rings. The molecule has 9 heteroatoms. The van der Waals surface area contributed by atoms with Crippen LogP contribution in [0.25, 0.3) is 0 Å². The summed E-state index contributed by atoms with van der Waals surface area (Å²) in [5.41, 5.74) is 0. The molecule has 0 saturated carbocycles. The monoisotopic (exact) mass is 337 g/mol. The number of sulfone groups is 1. The molecule has 3 atom stereocenters. The molecule has 21 heavy (non-hydrogen) atoms. The van der Waals surface area contributed by atoms with Crippen molar-refractivity contribution in [1.82, 2.24) is 4.90 Å². The number of carboxylic acids is 1. The Balaban J connectivity index is 1.84. The molecule has 0 radical (unpaired) electrons. The van der Waals surface area contributed by atoms with Crippen molar-refractivity contribution in [3.63, 3.8) is 0 Å². The lowest BCUT2D eigenvalue weighted by molar-refractivity contribution is -0.144. The Bertz CT molecular complexity index is 520. The van der Waals surface area contributed by atoms with Crippen LogP contribution in [-0.2, 0) is 24.2 Å². The molecule has 2 heterocycles. The Kier molecular flexibility index (Phi) is 5.15. The van der Waals surface area contributed by atoms with Crippen LogP contribution in [0.15, 0.2) is 0 Å². The molecule has 0 spiro atoms. The van der Waals surface area contributed by atoms with Crippen molar-refractivity contribution in [2.45, 2.75) is 17.7 Å². The average molecular weight is 337 g/mol. The zero-order valence-electron chi connectivity index (χ0n) is 11.7. The number of ether oxygens (including phenoxy) is 1. The molecule has 2 rings (SSSR count). The van der Waals surface area contributed by atoms with E-state index < -0.39 is 27.8 Å². The predicted octanol–water partition coefficient (Wildman–Crippen LogP) is -0.535. The first-order valence-corrected chi connectivity index (χ1v) is 9.55. The minimum Gasteiger partial charge on any atom is -0.481 e. The number of hydrogen-bond donors (Lipinski definition) is 1.